The number of carbonyl (C=O) groups excluding carboxylic acids is 1. The molecule has 2 aromatic rings. The number of anilines is 2. The number of amides is 1. The molecule has 0 unspecified atom stereocenters. The molecule has 7 nitrogen and oxygen atoms in total. The van der Waals surface area contributed by atoms with E-state index in [1.54, 1.807) is 18.5 Å². The topological polar surface area (TPSA) is 92.7 Å². The maximum absolute atomic E-state index is 11.8. The van der Waals surface area contributed by atoms with Gasteiger partial charge in [-0.1, -0.05) is 0 Å². The molecule has 0 saturated heterocycles. The first-order valence-corrected chi connectivity index (χ1v) is 5.44. The summed E-state index contributed by atoms with van der Waals surface area (Å²) in [5, 5.41) is 5.52. The van der Waals surface area contributed by atoms with E-state index in [4.69, 9.17) is 0 Å². The van der Waals surface area contributed by atoms with E-state index < -0.39 is 5.91 Å². The fraction of sp³-hybridized carbons (Fsp3) is 0.182. The second kappa shape index (κ2) is 5.67. The number of hydrogen-bond donors (Lipinski definition) is 2. The van der Waals surface area contributed by atoms with Gasteiger partial charge >= 0.3 is 0 Å². The molecule has 2 heterocycles. The first-order chi connectivity index (χ1) is 8.79. The molecule has 0 aliphatic heterocycles. The second-order valence-corrected chi connectivity index (χ2v) is 3.34. The molecule has 0 aliphatic rings. The minimum atomic E-state index is -0.392. The lowest BCUT2D eigenvalue weighted by Crippen LogP contribution is -2.16. The van der Waals surface area contributed by atoms with Crippen LogP contribution in [-0.4, -0.2) is 32.4 Å². The first kappa shape index (κ1) is 11.9. The summed E-state index contributed by atoms with van der Waals surface area (Å²) in [6, 6.07) is 1.67. The maximum Gasteiger partial charge on any atom is 0.278 e. The van der Waals surface area contributed by atoms with E-state index in [1.165, 1.54) is 12.4 Å². The lowest BCUT2D eigenvalue weighted by molar-refractivity contribution is 0.102. The summed E-state index contributed by atoms with van der Waals surface area (Å²) in [5.74, 6) is 0.474. The highest BCUT2D eigenvalue weighted by molar-refractivity contribution is 6.01. The average molecular weight is 244 g/mol. The largest absolute Gasteiger partial charge is 0.369 e. The van der Waals surface area contributed by atoms with Gasteiger partial charge in [0.1, 0.15) is 11.5 Å². The van der Waals surface area contributed by atoms with Crippen molar-refractivity contribution >= 4 is 17.7 Å². The fourth-order valence-electron chi connectivity index (χ4n) is 1.25. The van der Waals surface area contributed by atoms with E-state index >= 15 is 0 Å². The van der Waals surface area contributed by atoms with Gasteiger partial charge in [-0.25, -0.2) is 19.9 Å². The van der Waals surface area contributed by atoms with Crippen LogP contribution in [0.15, 0.2) is 30.9 Å². The number of nitrogens with zero attached hydrogens (tertiary/aromatic N) is 4. The van der Waals surface area contributed by atoms with Gasteiger partial charge in [0.2, 0.25) is 5.95 Å². The Hall–Kier alpha value is -2.57. The summed E-state index contributed by atoms with van der Waals surface area (Å²) in [7, 11) is 0. The molecule has 0 bridgehead atoms. The van der Waals surface area contributed by atoms with Crippen LogP contribution in [0.25, 0.3) is 0 Å². The van der Waals surface area contributed by atoms with E-state index in [9.17, 15) is 4.79 Å². The Morgan fingerprint density at radius 3 is 2.56 bits per heavy atom. The van der Waals surface area contributed by atoms with Crippen molar-refractivity contribution < 1.29 is 4.79 Å². The van der Waals surface area contributed by atoms with E-state index in [0.717, 1.165) is 6.54 Å². The Balaban J connectivity index is 2.05. The maximum atomic E-state index is 11.8. The van der Waals surface area contributed by atoms with Crippen molar-refractivity contribution in [2.24, 2.45) is 0 Å². The van der Waals surface area contributed by atoms with E-state index in [0.29, 0.717) is 5.82 Å². The van der Waals surface area contributed by atoms with Crippen molar-refractivity contribution in [1.29, 1.82) is 0 Å². The van der Waals surface area contributed by atoms with E-state index in [1.807, 2.05) is 6.92 Å². The number of aromatic nitrogens is 4. The zero-order valence-electron chi connectivity index (χ0n) is 9.79. The van der Waals surface area contributed by atoms with Crippen LogP contribution in [0, 0.1) is 0 Å². The molecule has 2 rings (SSSR count). The molecule has 0 fully saturated rings. The van der Waals surface area contributed by atoms with E-state index in [-0.39, 0.29) is 11.6 Å². The van der Waals surface area contributed by atoms with Crippen LogP contribution < -0.4 is 10.6 Å². The predicted octanol–water partition coefficient (Wildman–Crippen LogP) is 0.951. The Bertz CT molecular complexity index is 513. The quantitative estimate of drug-likeness (QED) is 0.831. The zero-order chi connectivity index (χ0) is 12.8. The highest BCUT2D eigenvalue weighted by Crippen LogP contribution is 2.03. The van der Waals surface area contributed by atoms with Crippen molar-refractivity contribution in [3.63, 3.8) is 0 Å². The van der Waals surface area contributed by atoms with Crippen molar-refractivity contribution in [3.05, 3.63) is 36.5 Å². The normalized spacial score (nSPS) is 9.83. The molecule has 2 aromatic heterocycles. The summed E-state index contributed by atoms with van der Waals surface area (Å²) in [5.41, 5.74) is 0.212. The van der Waals surface area contributed by atoms with Crippen LogP contribution in [0.3, 0.4) is 0 Å². The summed E-state index contributed by atoms with van der Waals surface area (Å²) in [4.78, 5) is 27.6. The molecule has 2 N–H and O–H groups in total. The van der Waals surface area contributed by atoms with Crippen molar-refractivity contribution in [1.82, 2.24) is 19.9 Å². The molecule has 92 valence electrons. The molecule has 7 heteroatoms. The van der Waals surface area contributed by atoms with Crippen LogP contribution in [0.1, 0.15) is 17.4 Å². The highest BCUT2D eigenvalue weighted by atomic mass is 16.2. The average Bonchev–Trinajstić information content (AvgIpc) is 2.41. The lowest BCUT2D eigenvalue weighted by atomic mass is 10.4. The van der Waals surface area contributed by atoms with Crippen LogP contribution in [0.2, 0.25) is 0 Å². The molecule has 0 saturated carbocycles. The van der Waals surface area contributed by atoms with Crippen LogP contribution >= 0.6 is 0 Å². The van der Waals surface area contributed by atoms with Gasteiger partial charge in [-0.3, -0.25) is 10.1 Å². The molecule has 0 atom stereocenters. The minimum Gasteiger partial charge on any atom is -0.369 e. The third-order valence-electron chi connectivity index (χ3n) is 2.03. The summed E-state index contributed by atoms with van der Waals surface area (Å²) < 4.78 is 0. The SMILES string of the molecule is CCNc1cnc(C(=O)Nc2ncccn2)cn1. The Morgan fingerprint density at radius 2 is 1.94 bits per heavy atom. The first-order valence-electron chi connectivity index (χ1n) is 5.44. The lowest BCUT2D eigenvalue weighted by Gasteiger charge is -2.03. The second-order valence-electron chi connectivity index (χ2n) is 3.34. The van der Waals surface area contributed by atoms with Crippen LogP contribution in [0.4, 0.5) is 11.8 Å². The Labute approximate surface area is 104 Å². The van der Waals surface area contributed by atoms with Crippen molar-refractivity contribution in [3.8, 4) is 0 Å². The summed E-state index contributed by atoms with van der Waals surface area (Å²) in [6.45, 7) is 2.70. The molecule has 18 heavy (non-hydrogen) atoms. The van der Waals surface area contributed by atoms with Gasteiger partial charge in [-0.2, -0.15) is 0 Å². The molecular weight excluding hydrogens is 232 g/mol. The Kier molecular flexibility index (Phi) is 3.75. The standard InChI is InChI=1S/C11H12N6O/c1-2-12-9-7-15-8(6-16-9)10(18)17-11-13-4-3-5-14-11/h3-7H,2H2,1H3,(H,12,16)(H,13,14,17,18). The number of nitrogens with one attached hydrogen (secondary N) is 2. The third-order valence-corrected chi connectivity index (χ3v) is 2.03. The van der Waals surface area contributed by atoms with Gasteiger partial charge in [0, 0.05) is 18.9 Å². The summed E-state index contributed by atoms with van der Waals surface area (Å²) >= 11 is 0. The van der Waals surface area contributed by atoms with Crippen LogP contribution in [-0.2, 0) is 0 Å². The third kappa shape index (κ3) is 2.97. The molecule has 0 aliphatic carbocycles. The van der Waals surface area contributed by atoms with Crippen molar-refractivity contribution in [2.75, 3.05) is 17.2 Å². The number of rotatable bonds is 4. The number of hydrogen-bond acceptors (Lipinski definition) is 6. The highest BCUT2D eigenvalue weighted by Gasteiger charge is 2.09. The molecule has 1 amide bonds. The molecular formula is C11H12N6O. The smallest absolute Gasteiger partial charge is 0.278 e. The summed E-state index contributed by atoms with van der Waals surface area (Å²) in [6.07, 6.45) is 5.99. The van der Waals surface area contributed by atoms with Gasteiger partial charge in [0.05, 0.1) is 12.4 Å². The Morgan fingerprint density at radius 1 is 1.17 bits per heavy atom. The molecule has 0 spiro atoms. The number of carbonyl (C=O) groups is 1. The predicted molar refractivity (Wildman–Crippen MR) is 66.2 cm³/mol. The fourth-order valence-corrected chi connectivity index (χ4v) is 1.25. The van der Waals surface area contributed by atoms with Gasteiger partial charge in [0.15, 0.2) is 0 Å². The van der Waals surface area contributed by atoms with Gasteiger partial charge in [0.25, 0.3) is 5.91 Å². The van der Waals surface area contributed by atoms with Gasteiger partial charge in [-0.15, -0.1) is 0 Å². The molecule has 0 radical (unpaired) electrons. The zero-order valence-corrected chi connectivity index (χ0v) is 9.79. The van der Waals surface area contributed by atoms with Crippen molar-refractivity contribution in [2.45, 2.75) is 6.92 Å². The molecule has 0 aromatic carbocycles. The van der Waals surface area contributed by atoms with Gasteiger partial charge < -0.3 is 5.32 Å². The van der Waals surface area contributed by atoms with E-state index in [2.05, 4.69) is 30.6 Å². The minimum absolute atomic E-state index is 0.212. The van der Waals surface area contributed by atoms with Gasteiger partial charge in [-0.05, 0) is 13.0 Å². The van der Waals surface area contributed by atoms with Crippen LogP contribution in [0.5, 0.6) is 0 Å². The monoisotopic (exact) mass is 244 g/mol.